The average molecular weight is 341 g/mol. The molecule has 4 heteroatoms. The Morgan fingerprint density at radius 1 is 1.16 bits per heavy atom. The van der Waals surface area contributed by atoms with Gasteiger partial charge in [0, 0.05) is 17.7 Å². The molecule has 0 saturated heterocycles. The molecule has 1 amide bonds. The van der Waals surface area contributed by atoms with Crippen LogP contribution < -0.4 is 10.1 Å². The van der Waals surface area contributed by atoms with Gasteiger partial charge in [-0.05, 0) is 67.6 Å². The molecule has 0 saturated carbocycles. The van der Waals surface area contributed by atoms with Crippen molar-refractivity contribution in [1.29, 1.82) is 0 Å². The number of amides is 1. The summed E-state index contributed by atoms with van der Waals surface area (Å²) in [6.45, 7) is 9.96. The number of aromatic hydroxyl groups is 1. The van der Waals surface area contributed by atoms with E-state index >= 15 is 0 Å². The van der Waals surface area contributed by atoms with Crippen molar-refractivity contribution in [1.82, 2.24) is 0 Å². The van der Waals surface area contributed by atoms with E-state index < -0.39 is 0 Å². The lowest BCUT2D eigenvalue weighted by Crippen LogP contribution is -2.11. The molecular formula is C21H27NO3. The summed E-state index contributed by atoms with van der Waals surface area (Å²) >= 11 is 0. The maximum atomic E-state index is 11.8. The number of carbonyl (C=O) groups is 1. The third kappa shape index (κ3) is 4.75. The molecule has 2 aromatic rings. The van der Waals surface area contributed by atoms with Crippen LogP contribution in [0.4, 0.5) is 5.69 Å². The summed E-state index contributed by atoms with van der Waals surface area (Å²) in [5.41, 5.74) is 3.54. The van der Waals surface area contributed by atoms with Crippen molar-refractivity contribution >= 4 is 11.6 Å². The topological polar surface area (TPSA) is 58.6 Å². The highest BCUT2D eigenvalue weighted by molar-refractivity contribution is 5.91. The molecule has 4 nitrogen and oxygen atoms in total. The number of carbonyl (C=O) groups excluding carboxylic acids is 1. The number of benzene rings is 2. The first-order valence-electron chi connectivity index (χ1n) is 8.73. The fraction of sp³-hybridized carbons (Fsp3) is 0.381. The van der Waals surface area contributed by atoms with Gasteiger partial charge in [0.2, 0.25) is 5.91 Å². The first-order valence-corrected chi connectivity index (χ1v) is 8.73. The predicted octanol–water partition coefficient (Wildman–Crippen LogP) is 5.66. The number of hydrogen-bond acceptors (Lipinski definition) is 3. The van der Waals surface area contributed by atoms with Gasteiger partial charge in [-0.25, -0.2) is 0 Å². The fourth-order valence-electron chi connectivity index (χ4n) is 2.81. The Hall–Kier alpha value is -2.49. The molecule has 0 bridgehead atoms. The van der Waals surface area contributed by atoms with E-state index in [1.165, 1.54) is 0 Å². The fourth-order valence-corrected chi connectivity index (χ4v) is 2.81. The van der Waals surface area contributed by atoms with Gasteiger partial charge in [0.05, 0.1) is 0 Å². The Morgan fingerprint density at radius 2 is 1.80 bits per heavy atom. The van der Waals surface area contributed by atoms with E-state index in [-0.39, 0.29) is 17.6 Å². The van der Waals surface area contributed by atoms with Crippen LogP contribution in [0.25, 0.3) is 0 Å². The Bertz CT molecular complexity index is 743. The highest BCUT2D eigenvalue weighted by Crippen LogP contribution is 2.35. The van der Waals surface area contributed by atoms with Crippen LogP contribution in [0.3, 0.4) is 0 Å². The highest BCUT2D eigenvalue weighted by atomic mass is 16.5. The van der Waals surface area contributed by atoms with E-state index in [1.54, 1.807) is 12.1 Å². The van der Waals surface area contributed by atoms with Gasteiger partial charge < -0.3 is 15.2 Å². The van der Waals surface area contributed by atoms with E-state index in [1.807, 2.05) is 52.8 Å². The summed E-state index contributed by atoms with van der Waals surface area (Å²) in [7, 11) is 0. The molecule has 0 heterocycles. The number of ether oxygens (including phenoxy) is 1. The molecule has 0 spiro atoms. The van der Waals surface area contributed by atoms with Crippen molar-refractivity contribution in [2.75, 3.05) is 5.32 Å². The van der Waals surface area contributed by atoms with Gasteiger partial charge in [-0.15, -0.1) is 0 Å². The van der Waals surface area contributed by atoms with Crippen LogP contribution in [-0.4, -0.2) is 11.0 Å². The monoisotopic (exact) mass is 341 g/mol. The van der Waals surface area contributed by atoms with Crippen LogP contribution in [0.15, 0.2) is 30.3 Å². The van der Waals surface area contributed by atoms with Gasteiger partial charge in [-0.2, -0.15) is 0 Å². The Morgan fingerprint density at radius 3 is 2.36 bits per heavy atom. The summed E-state index contributed by atoms with van der Waals surface area (Å²) in [5.74, 6) is 1.98. The number of phenols is 1. The predicted molar refractivity (Wildman–Crippen MR) is 102 cm³/mol. The largest absolute Gasteiger partial charge is 0.508 e. The van der Waals surface area contributed by atoms with E-state index in [9.17, 15) is 9.90 Å². The minimum absolute atomic E-state index is 0.0232. The average Bonchev–Trinajstić information content (AvgIpc) is 2.52. The molecule has 0 aliphatic carbocycles. The minimum Gasteiger partial charge on any atom is -0.508 e. The number of anilines is 1. The minimum atomic E-state index is 0.0232. The second-order valence-corrected chi connectivity index (χ2v) is 6.71. The van der Waals surface area contributed by atoms with Gasteiger partial charge in [-0.3, -0.25) is 4.79 Å². The molecule has 0 unspecified atom stereocenters. The van der Waals surface area contributed by atoms with Crippen molar-refractivity contribution in [2.45, 2.75) is 53.4 Å². The smallest absolute Gasteiger partial charge is 0.224 e. The summed E-state index contributed by atoms with van der Waals surface area (Å²) in [5, 5.41) is 12.9. The lowest BCUT2D eigenvalue weighted by atomic mass is 10.0. The van der Waals surface area contributed by atoms with Crippen LogP contribution >= 0.6 is 0 Å². The molecule has 0 atom stereocenters. The molecule has 0 aliphatic rings. The molecular weight excluding hydrogens is 314 g/mol. The van der Waals surface area contributed by atoms with Crippen LogP contribution in [-0.2, 0) is 4.79 Å². The van der Waals surface area contributed by atoms with Crippen LogP contribution in [0, 0.1) is 13.8 Å². The van der Waals surface area contributed by atoms with Gasteiger partial charge in [-0.1, -0.05) is 20.8 Å². The zero-order valence-electron chi connectivity index (χ0n) is 15.6. The van der Waals surface area contributed by atoms with E-state index in [4.69, 9.17) is 4.74 Å². The number of aryl methyl sites for hydroxylation is 2. The molecule has 0 radical (unpaired) electrons. The van der Waals surface area contributed by atoms with Crippen LogP contribution in [0.5, 0.6) is 17.2 Å². The molecule has 2 aromatic carbocycles. The Kier molecular flexibility index (Phi) is 6.07. The van der Waals surface area contributed by atoms with Crippen molar-refractivity contribution in [3.63, 3.8) is 0 Å². The number of rotatable bonds is 6. The normalized spacial score (nSPS) is 10.8. The number of nitrogens with one attached hydrogen (secondary N) is 1. The molecule has 134 valence electrons. The van der Waals surface area contributed by atoms with Gasteiger partial charge >= 0.3 is 0 Å². The maximum absolute atomic E-state index is 11.8. The number of phenolic OH excluding ortho intramolecular Hbond substituents is 1. The second kappa shape index (κ2) is 8.06. The highest BCUT2D eigenvalue weighted by Gasteiger charge is 2.12. The third-order valence-electron chi connectivity index (χ3n) is 4.06. The molecule has 2 N–H and O–H groups in total. The van der Waals surface area contributed by atoms with E-state index in [0.29, 0.717) is 12.2 Å². The zero-order valence-corrected chi connectivity index (χ0v) is 15.6. The summed E-state index contributed by atoms with van der Waals surface area (Å²) in [4.78, 5) is 11.8. The summed E-state index contributed by atoms with van der Waals surface area (Å²) in [6.07, 6.45) is 1.34. The molecule has 2 rings (SSSR count). The first kappa shape index (κ1) is 18.8. The SMILES string of the molecule is CCCC(=O)Nc1cc(C)c(Oc2ccc(O)c(C(C)C)c2)c(C)c1. The van der Waals surface area contributed by atoms with Crippen LogP contribution in [0.2, 0.25) is 0 Å². The van der Waals surface area contributed by atoms with Crippen molar-refractivity contribution in [3.8, 4) is 17.2 Å². The molecule has 0 aliphatic heterocycles. The van der Waals surface area contributed by atoms with Crippen molar-refractivity contribution in [2.24, 2.45) is 0 Å². The lowest BCUT2D eigenvalue weighted by molar-refractivity contribution is -0.116. The van der Waals surface area contributed by atoms with E-state index in [2.05, 4.69) is 5.32 Å². The van der Waals surface area contributed by atoms with Gasteiger partial charge in [0.15, 0.2) is 0 Å². The second-order valence-electron chi connectivity index (χ2n) is 6.71. The molecule has 0 aromatic heterocycles. The third-order valence-corrected chi connectivity index (χ3v) is 4.06. The quantitative estimate of drug-likeness (QED) is 0.712. The summed E-state index contributed by atoms with van der Waals surface area (Å²) < 4.78 is 6.07. The molecule has 0 fully saturated rings. The number of hydrogen-bond donors (Lipinski definition) is 2. The Labute approximate surface area is 149 Å². The van der Waals surface area contributed by atoms with Gasteiger partial charge in [0.25, 0.3) is 0 Å². The van der Waals surface area contributed by atoms with E-state index in [0.717, 1.165) is 34.5 Å². The Balaban J connectivity index is 2.26. The molecule has 25 heavy (non-hydrogen) atoms. The van der Waals surface area contributed by atoms with Crippen molar-refractivity contribution in [3.05, 3.63) is 47.0 Å². The first-order chi connectivity index (χ1) is 11.8. The summed E-state index contributed by atoms with van der Waals surface area (Å²) in [6, 6.07) is 9.13. The lowest BCUT2D eigenvalue weighted by Gasteiger charge is -2.16. The van der Waals surface area contributed by atoms with Crippen LogP contribution in [0.1, 0.15) is 56.2 Å². The maximum Gasteiger partial charge on any atom is 0.224 e. The standard InChI is InChI=1S/C21H27NO3/c1-6-7-20(24)22-16-10-14(4)21(15(5)11-16)25-17-8-9-19(23)18(12-17)13(2)3/h8-13,23H,6-7H2,1-5H3,(H,22,24). The van der Waals surface area contributed by atoms with Crippen molar-refractivity contribution < 1.29 is 14.6 Å². The van der Waals surface area contributed by atoms with Gasteiger partial charge in [0.1, 0.15) is 17.2 Å². The zero-order chi connectivity index (χ0) is 18.6.